The first kappa shape index (κ1) is 29.8. The molecule has 0 radical (unpaired) electrons. The normalized spacial score (nSPS) is 10.7. The van der Waals surface area contributed by atoms with E-state index < -0.39 is 5.97 Å². The Balaban J connectivity index is 1.44. The average Bonchev–Trinajstić information content (AvgIpc) is 2.96. The number of hydrogen-bond donors (Lipinski definition) is 2. The van der Waals surface area contributed by atoms with Gasteiger partial charge < -0.3 is 19.9 Å². The van der Waals surface area contributed by atoms with E-state index in [1.807, 2.05) is 66.7 Å². The summed E-state index contributed by atoms with van der Waals surface area (Å²) in [6, 6.07) is 25.2. The Morgan fingerprint density at radius 3 is 1.77 bits per heavy atom. The zero-order valence-electron chi connectivity index (χ0n) is 22.8. The van der Waals surface area contributed by atoms with Gasteiger partial charge >= 0.3 is 5.97 Å². The smallest absolute Gasteiger partial charge is 0.303 e. The van der Waals surface area contributed by atoms with E-state index in [-0.39, 0.29) is 12.3 Å². The van der Waals surface area contributed by atoms with E-state index in [9.17, 15) is 9.59 Å². The minimum absolute atomic E-state index is 0.162. The van der Waals surface area contributed by atoms with Gasteiger partial charge in [-0.15, -0.1) is 0 Å². The Kier molecular flexibility index (Phi) is 13.5. The van der Waals surface area contributed by atoms with E-state index in [0.717, 1.165) is 56.1 Å². The first-order valence-corrected chi connectivity index (χ1v) is 14.1. The minimum Gasteiger partial charge on any atom is -0.489 e. The fourth-order valence-electron chi connectivity index (χ4n) is 4.31. The standard InChI is InChI=1S/C33H41NO5/c35-32(36)20-14-6-4-2-1-3-5-7-15-23-34-33(37)30-24-29(38-25-27-16-10-8-11-17-27)21-22-31(30)39-26-28-18-12-9-13-19-28/h8-13,16-19,21-22,24H,1-7,14-15,20,23,25-26H2,(H,34,37)(H,35,36). The molecule has 0 aliphatic carbocycles. The quantitative estimate of drug-likeness (QED) is 0.156. The summed E-state index contributed by atoms with van der Waals surface area (Å²) in [6.45, 7) is 1.42. The number of amides is 1. The molecule has 3 aromatic rings. The van der Waals surface area contributed by atoms with Gasteiger partial charge in [-0.2, -0.15) is 0 Å². The van der Waals surface area contributed by atoms with Crippen molar-refractivity contribution in [3.05, 3.63) is 95.6 Å². The molecule has 0 saturated heterocycles. The van der Waals surface area contributed by atoms with Crippen LogP contribution >= 0.6 is 0 Å². The maximum absolute atomic E-state index is 13.1. The second kappa shape index (κ2) is 17.7. The summed E-state index contributed by atoms with van der Waals surface area (Å²) in [5.41, 5.74) is 2.57. The van der Waals surface area contributed by atoms with Crippen LogP contribution in [0.3, 0.4) is 0 Å². The summed E-state index contributed by atoms with van der Waals surface area (Å²) >= 11 is 0. The molecule has 2 N–H and O–H groups in total. The highest BCUT2D eigenvalue weighted by Crippen LogP contribution is 2.26. The number of carbonyl (C=O) groups is 2. The minimum atomic E-state index is -0.706. The van der Waals surface area contributed by atoms with Gasteiger partial charge in [0.15, 0.2) is 0 Å². The van der Waals surface area contributed by atoms with Gasteiger partial charge in [0, 0.05) is 13.0 Å². The van der Waals surface area contributed by atoms with Gasteiger partial charge in [0.05, 0.1) is 5.56 Å². The number of carbonyl (C=O) groups excluding carboxylic acids is 1. The lowest BCUT2D eigenvalue weighted by atomic mass is 10.1. The molecular weight excluding hydrogens is 490 g/mol. The molecule has 0 saturated carbocycles. The lowest BCUT2D eigenvalue weighted by molar-refractivity contribution is -0.137. The molecule has 0 fully saturated rings. The molecule has 3 aromatic carbocycles. The van der Waals surface area contributed by atoms with Crippen molar-refractivity contribution >= 4 is 11.9 Å². The van der Waals surface area contributed by atoms with Crippen LogP contribution in [0.15, 0.2) is 78.9 Å². The Labute approximate surface area is 232 Å². The SMILES string of the molecule is O=C(O)CCCCCCCCCCCNC(=O)c1cc(OCc2ccccc2)ccc1OCc1ccccc1. The van der Waals surface area contributed by atoms with Crippen LogP contribution in [-0.2, 0) is 18.0 Å². The second-order valence-electron chi connectivity index (χ2n) is 9.79. The topological polar surface area (TPSA) is 84.9 Å². The number of benzene rings is 3. The van der Waals surface area contributed by atoms with Gasteiger partial charge in [-0.25, -0.2) is 0 Å². The van der Waals surface area contributed by atoms with Crippen LogP contribution in [0.2, 0.25) is 0 Å². The number of unbranched alkanes of at least 4 members (excludes halogenated alkanes) is 8. The van der Waals surface area contributed by atoms with E-state index in [1.54, 1.807) is 12.1 Å². The number of nitrogens with one attached hydrogen (secondary N) is 1. The predicted octanol–water partition coefficient (Wildman–Crippen LogP) is 7.56. The van der Waals surface area contributed by atoms with Gasteiger partial charge in [0.25, 0.3) is 5.91 Å². The lowest BCUT2D eigenvalue weighted by Crippen LogP contribution is -2.25. The molecule has 1 amide bonds. The Morgan fingerprint density at radius 1 is 0.641 bits per heavy atom. The molecule has 0 aromatic heterocycles. The van der Waals surface area contributed by atoms with Crippen LogP contribution in [0.25, 0.3) is 0 Å². The molecule has 0 aliphatic heterocycles. The van der Waals surface area contributed by atoms with E-state index in [2.05, 4.69) is 5.32 Å². The average molecular weight is 532 g/mol. The summed E-state index contributed by atoms with van der Waals surface area (Å²) in [6.07, 6.45) is 9.78. The third-order valence-electron chi connectivity index (χ3n) is 6.53. The van der Waals surface area contributed by atoms with E-state index >= 15 is 0 Å². The molecule has 0 atom stereocenters. The highest BCUT2D eigenvalue weighted by molar-refractivity contribution is 5.97. The third kappa shape index (κ3) is 12.1. The molecular formula is C33H41NO5. The van der Waals surface area contributed by atoms with Crippen LogP contribution < -0.4 is 14.8 Å². The zero-order chi connectivity index (χ0) is 27.5. The Hall–Kier alpha value is -3.80. The number of carboxylic acid groups (broad SMARTS) is 1. The van der Waals surface area contributed by atoms with Crippen molar-refractivity contribution in [3.63, 3.8) is 0 Å². The molecule has 0 unspecified atom stereocenters. The van der Waals surface area contributed by atoms with Gasteiger partial charge in [-0.1, -0.05) is 106 Å². The van der Waals surface area contributed by atoms with Crippen molar-refractivity contribution in [1.82, 2.24) is 5.32 Å². The van der Waals surface area contributed by atoms with E-state index in [0.29, 0.717) is 36.8 Å². The molecule has 39 heavy (non-hydrogen) atoms. The second-order valence-corrected chi connectivity index (χ2v) is 9.79. The predicted molar refractivity (Wildman–Crippen MR) is 154 cm³/mol. The summed E-state index contributed by atoms with van der Waals surface area (Å²) in [5, 5.41) is 11.7. The highest BCUT2D eigenvalue weighted by Gasteiger charge is 2.15. The highest BCUT2D eigenvalue weighted by atomic mass is 16.5. The first-order valence-electron chi connectivity index (χ1n) is 14.1. The molecule has 0 aliphatic rings. The Bertz CT molecular complexity index is 1120. The van der Waals surface area contributed by atoms with Gasteiger partial charge in [0.1, 0.15) is 24.7 Å². The monoisotopic (exact) mass is 531 g/mol. The number of ether oxygens (including phenoxy) is 2. The van der Waals surface area contributed by atoms with E-state index in [1.165, 1.54) is 12.8 Å². The summed E-state index contributed by atoms with van der Waals surface area (Å²) in [5.74, 6) is 0.289. The number of hydrogen-bond acceptors (Lipinski definition) is 4. The van der Waals surface area contributed by atoms with E-state index in [4.69, 9.17) is 14.6 Å². The van der Waals surface area contributed by atoms with Crippen molar-refractivity contribution in [2.45, 2.75) is 77.4 Å². The Morgan fingerprint density at radius 2 is 1.18 bits per heavy atom. The summed E-state index contributed by atoms with van der Waals surface area (Å²) in [7, 11) is 0. The summed E-state index contributed by atoms with van der Waals surface area (Å²) in [4.78, 5) is 23.7. The first-order chi connectivity index (χ1) is 19.1. The van der Waals surface area contributed by atoms with Crippen molar-refractivity contribution in [3.8, 4) is 11.5 Å². The maximum Gasteiger partial charge on any atom is 0.303 e. The molecule has 0 spiro atoms. The molecule has 6 heteroatoms. The van der Waals surface area contributed by atoms with Crippen molar-refractivity contribution in [2.24, 2.45) is 0 Å². The van der Waals surface area contributed by atoms with Crippen LogP contribution in [0, 0.1) is 0 Å². The van der Waals surface area contributed by atoms with Crippen molar-refractivity contribution < 1.29 is 24.2 Å². The van der Waals surface area contributed by atoms with Crippen LogP contribution in [0.5, 0.6) is 11.5 Å². The molecule has 0 heterocycles. The number of rotatable bonds is 19. The zero-order valence-corrected chi connectivity index (χ0v) is 22.8. The van der Waals surface area contributed by atoms with Crippen LogP contribution in [0.4, 0.5) is 0 Å². The molecule has 208 valence electrons. The summed E-state index contributed by atoms with van der Waals surface area (Å²) < 4.78 is 12.0. The van der Waals surface area contributed by atoms with Gasteiger partial charge in [-0.05, 0) is 42.2 Å². The molecule has 3 rings (SSSR count). The molecule has 0 bridgehead atoms. The maximum atomic E-state index is 13.1. The van der Waals surface area contributed by atoms with Crippen LogP contribution in [-0.4, -0.2) is 23.5 Å². The van der Waals surface area contributed by atoms with Crippen molar-refractivity contribution in [2.75, 3.05) is 6.54 Å². The fourth-order valence-corrected chi connectivity index (χ4v) is 4.31. The molecule has 6 nitrogen and oxygen atoms in total. The fraction of sp³-hybridized carbons (Fsp3) is 0.394. The number of carboxylic acids is 1. The van der Waals surface area contributed by atoms with Crippen molar-refractivity contribution in [1.29, 1.82) is 0 Å². The lowest BCUT2D eigenvalue weighted by Gasteiger charge is -2.14. The number of aliphatic carboxylic acids is 1. The van der Waals surface area contributed by atoms with Gasteiger partial charge in [0.2, 0.25) is 0 Å². The van der Waals surface area contributed by atoms with Gasteiger partial charge in [-0.3, -0.25) is 9.59 Å². The largest absolute Gasteiger partial charge is 0.489 e. The van der Waals surface area contributed by atoms with Crippen LogP contribution in [0.1, 0.15) is 85.7 Å². The third-order valence-corrected chi connectivity index (χ3v) is 6.53.